The topological polar surface area (TPSA) is 32.9 Å². The zero-order valence-corrected chi connectivity index (χ0v) is 13.3. The monoisotopic (exact) mass is 291 g/mol. The summed E-state index contributed by atoms with van der Waals surface area (Å²) >= 11 is 6.13. The highest BCUT2D eigenvalue weighted by Crippen LogP contribution is 2.29. The lowest BCUT2D eigenvalue weighted by Gasteiger charge is -2.22. The Morgan fingerprint density at radius 3 is 2.70 bits per heavy atom. The highest BCUT2D eigenvalue weighted by atomic mass is 35.5. The van der Waals surface area contributed by atoms with Crippen molar-refractivity contribution in [1.29, 1.82) is 0 Å². The third-order valence-corrected chi connectivity index (χ3v) is 3.77. The number of ketones is 1. The van der Waals surface area contributed by atoms with Gasteiger partial charge in [-0.05, 0) is 23.8 Å². The van der Waals surface area contributed by atoms with Crippen LogP contribution < -0.4 is 0 Å². The molecule has 108 valence electrons. The molecule has 2 rings (SSSR count). The van der Waals surface area contributed by atoms with Gasteiger partial charge in [-0.25, -0.2) is 0 Å². The summed E-state index contributed by atoms with van der Waals surface area (Å²) in [5.74, 6) is 0.571. The Balaban J connectivity index is 2.18. The Kier molecular flexibility index (Phi) is 4.24. The Hall–Kier alpha value is -1.28. The van der Waals surface area contributed by atoms with Crippen molar-refractivity contribution >= 4 is 28.3 Å². The fourth-order valence-corrected chi connectivity index (χ4v) is 3.12. The van der Waals surface area contributed by atoms with E-state index in [2.05, 4.69) is 32.7 Å². The summed E-state index contributed by atoms with van der Waals surface area (Å²) in [6.07, 6.45) is 3.40. The van der Waals surface area contributed by atoms with Crippen LogP contribution in [0.2, 0.25) is 5.02 Å². The van der Waals surface area contributed by atoms with Crippen molar-refractivity contribution in [3.8, 4) is 0 Å². The predicted octanol–water partition coefficient (Wildman–Crippen LogP) is 5.47. The maximum Gasteiger partial charge on any atom is 0.165 e. The molecule has 1 atom stereocenters. The molecule has 0 saturated carbocycles. The number of carbonyl (C=O) groups excluding carboxylic acids is 1. The van der Waals surface area contributed by atoms with Crippen LogP contribution >= 0.6 is 11.6 Å². The lowest BCUT2D eigenvalue weighted by atomic mass is 9.83. The minimum atomic E-state index is 0.190. The number of H-pyrrole nitrogens is 1. The van der Waals surface area contributed by atoms with Gasteiger partial charge < -0.3 is 4.98 Å². The van der Waals surface area contributed by atoms with Crippen molar-refractivity contribution in [2.45, 2.75) is 40.5 Å². The molecule has 2 aromatic rings. The van der Waals surface area contributed by atoms with E-state index in [-0.39, 0.29) is 11.2 Å². The van der Waals surface area contributed by atoms with Crippen LogP contribution in [0, 0.1) is 11.3 Å². The van der Waals surface area contributed by atoms with E-state index in [9.17, 15) is 4.79 Å². The summed E-state index contributed by atoms with van der Waals surface area (Å²) in [6, 6.07) is 5.66. The summed E-state index contributed by atoms with van der Waals surface area (Å²) in [4.78, 5) is 15.6. The van der Waals surface area contributed by atoms with Crippen LogP contribution in [0.25, 0.3) is 10.9 Å². The van der Waals surface area contributed by atoms with Crippen molar-refractivity contribution in [3.63, 3.8) is 0 Å². The number of hydrogen-bond donors (Lipinski definition) is 1. The average Bonchev–Trinajstić information content (AvgIpc) is 2.71. The van der Waals surface area contributed by atoms with Gasteiger partial charge in [0.05, 0.1) is 10.5 Å². The van der Waals surface area contributed by atoms with Gasteiger partial charge >= 0.3 is 0 Å². The minimum absolute atomic E-state index is 0.190. The molecule has 0 fully saturated rings. The number of benzene rings is 1. The first-order valence-electron chi connectivity index (χ1n) is 7.07. The number of nitrogens with one attached hydrogen (secondary N) is 1. The van der Waals surface area contributed by atoms with Crippen LogP contribution in [0.3, 0.4) is 0 Å². The number of halogens is 1. The molecule has 1 N–H and O–H groups in total. The van der Waals surface area contributed by atoms with Gasteiger partial charge in [0.2, 0.25) is 0 Å². The fraction of sp³-hybridized carbons (Fsp3) is 0.471. The maximum absolute atomic E-state index is 12.5. The highest BCUT2D eigenvalue weighted by Gasteiger charge is 2.20. The van der Waals surface area contributed by atoms with Crippen LogP contribution in [0.1, 0.15) is 50.9 Å². The molecule has 0 aliphatic carbocycles. The number of carbonyl (C=O) groups is 1. The maximum atomic E-state index is 12.5. The second-order valence-electron chi connectivity index (χ2n) is 6.86. The first-order chi connectivity index (χ1) is 9.28. The number of rotatable bonds is 4. The third kappa shape index (κ3) is 3.43. The number of fused-ring (bicyclic) bond motifs is 1. The molecule has 3 heteroatoms. The van der Waals surface area contributed by atoms with Gasteiger partial charge in [-0.3, -0.25) is 4.79 Å². The van der Waals surface area contributed by atoms with Crippen LogP contribution in [-0.2, 0) is 0 Å². The Morgan fingerprint density at radius 1 is 1.35 bits per heavy atom. The number of para-hydroxylation sites is 1. The van der Waals surface area contributed by atoms with Gasteiger partial charge in [-0.1, -0.05) is 51.4 Å². The van der Waals surface area contributed by atoms with E-state index in [1.165, 1.54) is 0 Å². The van der Waals surface area contributed by atoms with Crippen molar-refractivity contribution in [1.82, 2.24) is 4.98 Å². The van der Waals surface area contributed by atoms with Crippen molar-refractivity contribution < 1.29 is 4.79 Å². The van der Waals surface area contributed by atoms with Crippen LogP contribution in [0.5, 0.6) is 0 Å². The quantitative estimate of drug-likeness (QED) is 0.745. The van der Waals surface area contributed by atoms with E-state index in [1.807, 2.05) is 18.2 Å². The number of aromatic nitrogens is 1. The van der Waals surface area contributed by atoms with Crippen LogP contribution in [-0.4, -0.2) is 10.8 Å². The minimum Gasteiger partial charge on any atom is -0.359 e. The van der Waals surface area contributed by atoms with Crippen molar-refractivity contribution in [2.24, 2.45) is 11.3 Å². The van der Waals surface area contributed by atoms with Crippen molar-refractivity contribution in [3.05, 3.63) is 35.0 Å². The largest absolute Gasteiger partial charge is 0.359 e. The Bertz CT molecular complexity index is 621. The van der Waals surface area contributed by atoms with E-state index >= 15 is 0 Å². The van der Waals surface area contributed by atoms with Gasteiger partial charge in [0.25, 0.3) is 0 Å². The average molecular weight is 292 g/mol. The standard InChI is InChI=1S/C17H22ClNO/c1-11(9-17(2,3)4)8-15(20)13-10-19-16-12(13)6-5-7-14(16)18/h5-7,10-11,19H,8-9H2,1-4H3. The predicted molar refractivity (Wildman–Crippen MR) is 85.5 cm³/mol. The van der Waals surface area contributed by atoms with Crippen LogP contribution in [0.4, 0.5) is 0 Å². The third-order valence-electron chi connectivity index (χ3n) is 3.46. The molecule has 0 saturated heterocycles. The lowest BCUT2D eigenvalue weighted by molar-refractivity contribution is 0.0956. The molecule has 20 heavy (non-hydrogen) atoms. The molecule has 0 aliphatic rings. The van der Waals surface area contributed by atoms with Gasteiger partial charge in [0.1, 0.15) is 0 Å². The smallest absolute Gasteiger partial charge is 0.165 e. The van der Waals surface area contributed by atoms with Crippen LogP contribution in [0.15, 0.2) is 24.4 Å². The number of aromatic amines is 1. The zero-order valence-electron chi connectivity index (χ0n) is 12.6. The van der Waals surface area contributed by atoms with Gasteiger partial charge in [0, 0.05) is 23.6 Å². The molecular weight excluding hydrogens is 270 g/mol. The van der Waals surface area contributed by atoms with Gasteiger partial charge in [-0.15, -0.1) is 0 Å². The molecular formula is C17H22ClNO. The summed E-state index contributed by atoms with van der Waals surface area (Å²) < 4.78 is 0. The second-order valence-corrected chi connectivity index (χ2v) is 7.27. The lowest BCUT2D eigenvalue weighted by Crippen LogP contribution is -2.14. The molecule has 0 amide bonds. The first-order valence-corrected chi connectivity index (χ1v) is 7.44. The highest BCUT2D eigenvalue weighted by molar-refractivity contribution is 6.35. The second kappa shape index (κ2) is 5.61. The first kappa shape index (κ1) is 15.1. The summed E-state index contributed by atoms with van der Waals surface area (Å²) in [5.41, 5.74) is 1.85. The molecule has 0 radical (unpaired) electrons. The van der Waals surface area contributed by atoms with Gasteiger partial charge in [-0.2, -0.15) is 0 Å². The SMILES string of the molecule is CC(CC(=O)c1c[nH]c2c(Cl)cccc12)CC(C)(C)C. The molecule has 1 unspecified atom stereocenters. The molecule has 0 spiro atoms. The Labute approximate surface area is 125 Å². The van der Waals surface area contributed by atoms with E-state index < -0.39 is 0 Å². The van der Waals surface area contributed by atoms with E-state index in [4.69, 9.17) is 11.6 Å². The van der Waals surface area contributed by atoms with E-state index in [1.54, 1.807) is 6.20 Å². The number of Topliss-reactive ketones (excluding diaryl/α,β-unsaturated/α-hetero) is 1. The summed E-state index contributed by atoms with van der Waals surface area (Å²) in [7, 11) is 0. The van der Waals surface area contributed by atoms with Crippen molar-refractivity contribution in [2.75, 3.05) is 0 Å². The number of hydrogen-bond acceptors (Lipinski definition) is 1. The fourth-order valence-electron chi connectivity index (χ4n) is 2.89. The molecule has 2 nitrogen and oxygen atoms in total. The van der Waals surface area contributed by atoms with E-state index in [0.717, 1.165) is 22.9 Å². The molecule has 1 aromatic carbocycles. The molecule has 0 bridgehead atoms. The Morgan fingerprint density at radius 2 is 2.05 bits per heavy atom. The summed E-state index contributed by atoms with van der Waals surface area (Å²) in [5, 5.41) is 1.58. The normalized spacial score (nSPS) is 13.7. The molecule has 0 aliphatic heterocycles. The van der Waals surface area contributed by atoms with Gasteiger partial charge in [0.15, 0.2) is 5.78 Å². The zero-order chi connectivity index (χ0) is 14.9. The summed E-state index contributed by atoms with van der Waals surface area (Å²) in [6.45, 7) is 8.77. The molecule has 1 heterocycles. The van der Waals surface area contributed by atoms with E-state index in [0.29, 0.717) is 17.4 Å². The molecule has 1 aromatic heterocycles.